The van der Waals surface area contributed by atoms with Gasteiger partial charge in [0.15, 0.2) is 0 Å². The van der Waals surface area contributed by atoms with Crippen LogP contribution in [0.1, 0.15) is 29.8 Å². The van der Waals surface area contributed by atoms with Crippen LogP contribution in [0.4, 0.5) is 4.79 Å². The van der Waals surface area contributed by atoms with Crippen molar-refractivity contribution in [3.05, 3.63) is 88.9 Å². The molecule has 0 bridgehead atoms. The van der Waals surface area contributed by atoms with Gasteiger partial charge in [0.1, 0.15) is 5.75 Å². The van der Waals surface area contributed by atoms with Crippen LogP contribution >= 0.6 is 11.6 Å². The number of halogens is 1. The largest absolute Gasteiger partial charge is 0.489 e. The number of nitrogens with two attached hydrogens (primary N) is 1. The average molecular weight is 452 g/mol. The molecule has 0 saturated heterocycles. The zero-order valence-corrected chi connectivity index (χ0v) is 19.0. The average Bonchev–Trinajstić information content (AvgIpc) is 2.78. The van der Waals surface area contributed by atoms with E-state index in [0.717, 1.165) is 16.7 Å². The lowest BCUT2D eigenvalue weighted by molar-refractivity contribution is 0.0257. The molecule has 0 aromatic heterocycles. The van der Waals surface area contributed by atoms with Crippen molar-refractivity contribution >= 4 is 23.5 Å². The van der Waals surface area contributed by atoms with Crippen molar-refractivity contribution in [3.8, 4) is 16.9 Å². The highest BCUT2D eigenvalue weighted by Crippen LogP contribution is 2.27. The second-order valence-electron chi connectivity index (χ2n) is 7.60. The first-order chi connectivity index (χ1) is 15.3. The van der Waals surface area contributed by atoms with Crippen LogP contribution in [0, 0.1) is 0 Å². The van der Waals surface area contributed by atoms with Crippen molar-refractivity contribution in [3.63, 3.8) is 0 Å². The van der Waals surface area contributed by atoms with Gasteiger partial charge in [0.25, 0.3) is 5.91 Å². The molecule has 0 radical (unpaired) electrons. The first kappa shape index (κ1) is 23.2. The van der Waals surface area contributed by atoms with Crippen LogP contribution in [-0.4, -0.2) is 35.1 Å². The first-order valence-corrected chi connectivity index (χ1v) is 10.6. The van der Waals surface area contributed by atoms with Crippen molar-refractivity contribution in [1.29, 1.82) is 0 Å². The van der Waals surface area contributed by atoms with E-state index in [0.29, 0.717) is 16.3 Å². The van der Waals surface area contributed by atoms with Crippen LogP contribution in [0.2, 0.25) is 5.02 Å². The molecule has 0 heterocycles. The predicted octanol–water partition coefficient (Wildman–Crippen LogP) is 5.36. The van der Waals surface area contributed by atoms with Crippen molar-refractivity contribution in [2.45, 2.75) is 26.5 Å². The van der Waals surface area contributed by atoms with Crippen LogP contribution in [0.3, 0.4) is 0 Å². The van der Waals surface area contributed by atoms with Gasteiger partial charge in [-0.3, -0.25) is 4.79 Å². The highest BCUT2D eigenvalue weighted by atomic mass is 35.5. The van der Waals surface area contributed by atoms with Gasteiger partial charge in [-0.15, -0.1) is 0 Å². The minimum Gasteiger partial charge on any atom is -0.489 e. The minimum absolute atomic E-state index is 0.0460. The maximum atomic E-state index is 13.0. The van der Waals surface area contributed by atoms with E-state index in [1.807, 2.05) is 68.4 Å². The molecule has 2 N–H and O–H groups in total. The highest BCUT2D eigenvalue weighted by Gasteiger charge is 2.23. The van der Waals surface area contributed by atoms with E-state index in [2.05, 4.69) is 0 Å². The van der Waals surface area contributed by atoms with Crippen LogP contribution < -0.4 is 10.5 Å². The summed E-state index contributed by atoms with van der Waals surface area (Å²) < 4.78 is 5.61. The molecule has 0 spiro atoms. The number of amides is 3. The Morgan fingerprint density at radius 2 is 1.59 bits per heavy atom. The topological polar surface area (TPSA) is 75.9 Å². The maximum absolute atomic E-state index is 13.0. The first-order valence-electron chi connectivity index (χ1n) is 10.2. The molecule has 0 aliphatic carbocycles. The zero-order chi connectivity index (χ0) is 23.3. The number of carbonyl (C=O) groups is 2. The highest BCUT2D eigenvalue weighted by molar-refractivity contribution is 6.32. The molecular weight excluding hydrogens is 426 g/mol. The summed E-state index contributed by atoms with van der Waals surface area (Å²) in [6, 6.07) is 21.8. The Kier molecular flexibility index (Phi) is 7.38. The van der Waals surface area contributed by atoms with Gasteiger partial charge in [0.05, 0.1) is 17.7 Å². The summed E-state index contributed by atoms with van der Waals surface area (Å²) in [6.07, 6.45) is -0.0460. The molecule has 0 unspecified atom stereocenters. The molecule has 6 nitrogen and oxygen atoms in total. The third-order valence-electron chi connectivity index (χ3n) is 4.85. The van der Waals surface area contributed by atoms with Gasteiger partial charge in [0, 0.05) is 12.6 Å². The van der Waals surface area contributed by atoms with Crippen LogP contribution in [0.15, 0.2) is 72.8 Å². The van der Waals surface area contributed by atoms with E-state index in [9.17, 15) is 9.59 Å². The van der Waals surface area contributed by atoms with Crippen molar-refractivity contribution in [2.24, 2.45) is 5.73 Å². The van der Waals surface area contributed by atoms with Crippen molar-refractivity contribution in [2.75, 3.05) is 7.05 Å². The number of hydrazine groups is 1. The van der Waals surface area contributed by atoms with Crippen molar-refractivity contribution < 1.29 is 14.3 Å². The Morgan fingerprint density at radius 1 is 0.969 bits per heavy atom. The summed E-state index contributed by atoms with van der Waals surface area (Å²) in [7, 11) is 1.50. The zero-order valence-electron chi connectivity index (χ0n) is 18.3. The Balaban J connectivity index is 1.76. The summed E-state index contributed by atoms with van der Waals surface area (Å²) >= 11 is 6.26. The fraction of sp³-hybridized carbons (Fsp3) is 0.200. The third-order valence-corrected chi connectivity index (χ3v) is 5.14. The number of urea groups is 1. The fourth-order valence-electron chi connectivity index (χ4n) is 3.22. The molecular formula is C25H26ClN3O3. The van der Waals surface area contributed by atoms with Crippen molar-refractivity contribution in [1.82, 2.24) is 10.0 Å². The van der Waals surface area contributed by atoms with E-state index in [1.165, 1.54) is 23.1 Å². The maximum Gasteiger partial charge on any atom is 0.334 e. The van der Waals surface area contributed by atoms with Crippen LogP contribution in [0.5, 0.6) is 5.75 Å². The van der Waals surface area contributed by atoms with Gasteiger partial charge in [-0.25, -0.2) is 14.8 Å². The fourth-order valence-corrected chi connectivity index (χ4v) is 3.44. The van der Waals surface area contributed by atoms with E-state index < -0.39 is 11.9 Å². The van der Waals surface area contributed by atoms with E-state index in [4.69, 9.17) is 22.1 Å². The second kappa shape index (κ2) is 10.2. The summed E-state index contributed by atoms with van der Waals surface area (Å²) in [4.78, 5) is 25.1. The van der Waals surface area contributed by atoms with E-state index >= 15 is 0 Å². The lowest BCUT2D eigenvalue weighted by atomic mass is 10.0. The quantitative estimate of drug-likeness (QED) is 0.512. The lowest BCUT2D eigenvalue weighted by Gasteiger charge is -2.30. The second-order valence-corrected chi connectivity index (χ2v) is 8.01. The predicted molar refractivity (Wildman–Crippen MR) is 126 cm³/mol. The molecule has 0 aliphatic rings. The Hall–Kier alpha value is -3.51. The van der Waals surface area contributed by atoms with Gasteiger partial charge in [-0.1, -0.05) is 66.2 Å². The molecule has 32 heavy (non-hydrogen) atoms. The Bertz CT molecular complexity index is 1090. The third kappa shape index (κ3) is 5.59. The summed E-state index contributed by atoms with van der Waals surface area (Å²) in [5.41, 5.74) is 8.89. The SMILES string of the molecule is CC(C)Oc1ccc(C(=O)N(C)N(Cc2ccc(-c3ccccc3)cc2)C(N)=O)cc1Cl. The molecule has 3 aromatic carbocycles. The molecule has 3 amide bonds. The normalized spacial score (nSPS) is 10.7. The molecule has 3 rings (SSSR count). The number of primary amides is 1. The van der Waals surface area contributed by atoms with Gasteiger partial charge in [0.2, 0.25) is 0 Å². The number of benzene rings is 3. The van der Waals surface area contributed by atoms with E-state index in [-0.39, 0.29) is 12.6 Å². The molecule has 0 atom stereocenters. The van der Waals surface area contributed by atoms with Crippen LogP contribution in [0.25, 0.3) is 11.1 Å². The Labute approximate surface area is 193 Å². The number of rotatable bonds is 6. The molecule has 0 fully saturated rings. The smallest absolute Gasteiger partial charge is 0.334 e. The molecule has 7 heteroatoms. The van der Waals surface area contributed by atoms with E-state index in [1.54, 1.807) is 12.1 Å². The summed E-state index contributed by atoms with van der Waals surface area (Å²) in [5, 5.41) is 2.70. The monoisotopic (exact) mass is 451 g/mol. The van der Waals surface area contributed by atoms with Crippen LogP contribution in [-0.2, 0) is 6.54 Å². The van der Waals surface area contributed by atoms with Gasteiger partial charge >= 0.3 is 6.03 Å². The molecule has 0 saturated carbocycles. The number of hydrogen-bond donors (Lipinski definition) is 1. The standard InChI is InChI=1S/C25H26ClN3O3/c1-17(2)32-23-14-13-21(15-22(23)26)24(30)28(3)29(25(27)31)16-18-9-11-20(12-10-18)19-7-5-4-6-8-19/h4-15,17H,16H2,1-3H3,(H2,27,31). The molecule has 0 aliphatic heterocycles. The molecule has 166 valence electrons. The molecule has 3 aromatic rings. The number of nitrogens with zero attached hydrogens (tertiary/aromatic N) is 2. The lowest BCUT2D eigenvalue weighted by Crippen LogP contribution is -2.49. The minimum atomic E-state index is -0.737. The summed E-state index contributed by atoms with van der Waals surface area (Å²) in [6.45, 7) is 3.93. The number of carbonyl (C=O) groups excluding carboxylic acids is 2. The number of hydrogen-bond acceptors (Lipinski definition) is 3. The number of ether oxygens (including phenoxy) is 1. The Morgan fingerprint density at radius 3 is 2.16 bits per heavy atom. The van der Waals surface area contributed by atoms with Gasteiger partial charge in [-0.2, -0.15) is 0 Å². The summed E-state index contributed by atoms with van der Waals surface area (Å²) in [5.74, 6) is 0.0776. The van der Waals surface area contributed by atoms with Gasteiger partial charge in [-0.05, 0) is 48.7 Å². The van der Waals surface area contributed by atoms with Gasteiger partial charge < -0.3 is 10.5 Å².